The van der Waals surface area contributed by atoms with Gasteiger partial charge in [0.2, 0.25) is 5.91 Å². The van der Waals surface area contributed by atoms with E-state index >= 15 is 0 Å². The maximum absolute atomic E-state index is 13.8. The Morgan fingerprint density at radius 3 is 2.76 bits per heavy atom. The van der Waals surface area contributed by atoms with Gasteiger partial charge >= 0.3 is 0 Å². The molecule has 1 fully saturated rings. The Labute approximate surface area is 155 Å². The lowest BCUT2D eigenvalue weighted by atomic mass is 9.87. The maximum Gasteiger partial charge on any atom is 0.248 e. The van der Waals surface area contributed by atoms with E-state index in [9.17, 15) is 9.18 Å². The van der Waals surface area contributed by atoms with E-state index in [1.807, 2.05) is 0 Å². The van der Waals surface area contributed by atoms with Gasteiger partial charge in [0.1, 0.15) is 11.4 Å². The second-order valence-electron chi connectivity index (χ2n) is 6.18. The first-order valence-corrected chi connectivity index (χ1v) is 8.86. The average molecular weight is 385 g/mol. The molecule has 0 aliphatic carbocycles. The summed E-state index contributed by atoms with van der Waals surface area (Å²) in [5.74, 6) is -0.743. The fourth-order valence-corrected chi connectivity index (χ4v) is 3.96. The molecule has 25 heavy (non-hydrogen) atoms. The zero-order chi connectivity index (χ0) is 18.0. The van der Waals surface area contributed by atoms with E-state index in [0.717, 1.165) is 0 Å². The van der Waals surface area contributed by atoms with Crippen LogP contribution in [-0.4, -0.2) is 28.8 Å². The molecule has 1 aromatic heterocycles. The lowest BCUT2D eigenvalue weighted by Gasteiger charge is -2.37. The predicted octanol–water partition coefficient (Wildman–Crippen LogP) is 3.29. The van der Waals surface area contributed by atoms with Crippen molar-refractivity contribution in [1.29, 1.82) is 0 Å². The molecule has 2 aromatic rings. The molecule has 1 aliphatic rings. The Hall–Kier alpha value is -1.63. The van der Waals surface area contributed by atoms with Crippen LogP contribution in [0.3, 0.4) is 0 Å². The maximum atomic E-state index is 13.8. The number of nitrogens with zero attached hydrogens (tertiary/aromatic N) is 2. The van der Waals surface area contributed by atoms with Crippen LogP contribution in [0.15, 0.2) is 30.6 Å². The molecule has 2 N–H and O–H groups in total. The van der Waals surface area contributed by atoms with E-state index in [-0.39, 0.29) is 10.9 Å². The minimum absolute atomic E-state index is 0.0706. The standard InChI is InChI=1S/C17H19Cl2FN4O/c1-11(14-12(18)3-4-13(20)15(14)19)23-16(25)17(5-8-21-9-6-17)24-10-2-7-22-24/h2-4,7,10-11,21H,5-6,8-9H2,1H3,(H,23,25). The van der Waals surface area contributed by atoms with Crippen molar-refractivity contribution in [1.82, 2.24) is 20.4 Å². The van der Waals surface area contributed by atoms with Crippen molar-refractivity contribution in [3.63, 3.8) is 0 Å². The van der Waals surface area contributed by atoms with Gasteiger partial charge in [-0.25, -0.2) is 4.39 Å². The van der Waals surface area contributed by atoms with E-state index in [2.05, 4.69) is 15.7 Å². The smallest absolute Gasteiger partial charge is 0.248 e. The Balaban J connectivity index is 1.89. The molecule has 0 bridgehead atoms. The fourth-order valence-electron chi connectivity index (χ4n) is 3.27. The molecule has 1 saturated heterocycles. The van der Waals surface area contributed by atoms with Crippen LogP contribution in [0.4, 0.5) is 4.39 Å². The zero-order valence-electron chi connectivity index (χ0n) is 13.7. The van der Waals surface area contributed by atoms with Crippen molar-refractivity contribution in [2.75, 3.05) is 13.1 Å². The Morgan fingerprint density at radius 2 is 2.12 bits per heavy atom. The van der Waals surface area contributed by atoms with Crippen LogP contribution in [0.2, 0.25) is 10.0 Å². The van der Waals surface area contributed by atoms with Gasteiger partial charge in [-0.15, -0.1) is 0 Å². The van der Waals surface area contributed by atoms with Crippen LogP contribution in [0, 0.1) is 5.82 Å². The third kappa shape index (κ3) is 3.38. The lowest BCUT2D eigenvalue weighted by Crippen LogP contribution is -2.55. The topological polar surface area (TPSA) is 59.0 Å². The molecule has 1 amide bonds. The van der Waals surface area contributed by atoms with E-state index in [0.29, 0.717) is 36.5 Å². The number of amides is 1. The third-order valence-corrected chi connectivity index (χ3v) is 5.37. The fraction of sp³-hybridized carbons (Fsp3) is 0.412. The predicted molar refractivity (Wildman–Crippen MR) is 95.3 cm³/mol. The Morgan fingerprint density at radius 1 is 1.40 bits per heavy atom. The molecule has 134 valence electrons. The highest BCUT2D eigenvalue weighted by atomic mass is 35.5. The van der Waals surface area contributed by atoms with Crippen molar-refractivity contribution in [2.24, 2.45) is 0 Å². The van der Waals surface area contributed by atoms with Gasteiger partial charge in [-0.05, 0) is 51.1 Å². The summed E-state index contributed by atoms with van der Waals surface area (Å²) in [5.41, 5.74) is -0.406. The molecule has 3 rings (SSSR count). The molecule has 1 unspecified atom stereocenters. The first kappa shape index (κ1) is 18.2. The second-order valence-corrected chi connectivity index (χ2v) is 6.97. The highest BCUT2D eigenvalue weighted by Gasteiger charge is 2.42. The molecular weight excluding hydrogens is 366 g/mol. The number of aromatic nitrogens is 2. The highest BCUT2D eigenvalue weighted by Crippen LogP contribution is 2.34. The number of benzene rings is 1. The number of rotatable bonds is 4. The van der Waals surface area contributed by atoms with Gasteiger partial charge in [-0.1, -0.05) is 23.2 Å². The summed E-state index contributed by atoms with van der Waals surface area (Å²) in [7, 11) is 0. The van der Waals surface area contributed by atoms with Gasteiger partial charge < -0.3 is 10.6 Å². The summed E-state index contributed by atoms with van der Waals surface area (Å²) in [6.45, 7) is 3.16. The second kappa shape index (κ2) is 7.32. The van der Waals surface area contributed by atoms with Gasteiger partial charge in [-0.2, -0.15) is 5.10 Å². The van der Waals surface area contributed by atoms with Crippen LogP contribution >= 0.6 is 23.2 Å². The summed E-state index contributed by atoms with van der Waals surface area (Å²) in [4.78, 5) is 13.1. The zero-order valence-corrected chi connectivity index (χ0v) is 15.2. The number of halogens is 3. The first-order chi connectivity index (χ1) is 12.0. The van der Waals surface area contributed by atoms with Crippen molar-refractivity contribution < 1.29 is 9.18 Å². The van der Waals surface area contributed by atoms with Crippen LogP contribution < -0.4 is 10.6 Å². The molecule has 2 heterocycles. The summed E-state index contributed by atoms with van der Waals surface area (Å²) >= 11 is 12.2. The van der Waals surface area contributed by atoms with Gasteiger partial charge in [0.25, 0.3) is 0 Å². The molecule has 5 nitrogen and oxygen atoms in total. The van der Waals surface area contributed by atoms with Crippen molar-refractivity contribution in [3.8, 4) is 0 Å². The van der Waals surface area contributed by atoms with Crippen molar-refractivity contribution in [3.05, 3.63) is 52.0 Å². The Bertz CT molecular complexity index is 760. The van der Waals surface area contributed by atoms with E-state index in [4.69, 9.17) is 23.2 Å². The summed E-state index contributed by atoms with van der Waals surface area (Å²) in [6.07, 6.45) is 4.66. The molecule has 0 radical (unpaired) electrons. The number of nitrogens with one attached hydrogen (secondary N) is 2. The average Bonchev–Trinajstić information content (AvgIpc) is 3.14. The number of carbonyl (C=O) groups is 1. The first-order valence-electron chi connectivity index (χ1n) is 8.11. The van der Waals surface area contributed by atoms with E-state index in [1.165, 1.54) is 12.1 Å². The largest absolute Gasteiger partial charge is 0.347 e. The third-order valence-electron chi connectivity index (χ3n) is 4.66. The molecule has 1 aliphatic heterocycles. The minimum atomic E-state index is -0.782. The van der Waals surface area contributed by atoms with Crippen LogP contribution in [0.25, 0.3) is 0 Å². The molecule has 1 aromatic carbocycles. The monoisotopic (exact) mass is 384 g/mol. The van der Waals surface area contributed by atoms with Crippen LogP contribution in [0.1, 0.15) is 31.4 Å². The minimum Gasteiger partial charge on any atom is -0.347 e. The van der Waals surface area contributed by atoms with Crippen LogP contribution in [0.5, 0.6) is 0 Å². The molecule has 0 spiro atoms. The Kier molecular flexibility index (Phi) is 5.32. The SMILES string of the molecule is CC(NC(=O)C1(n2cccn2)CCNCC1)c1c(Cl)ccc(F)c1Cl. The summed E-state index contributed by atoms with van der Waals surface area (Å²) in [6, 6.07) is 3.90. The number of carbonyl (C=O) groups excluding carboxylic acids is 1. The number of piperidine rings is 1. The van der Waals surface area contributed by atoms with Gasteiger partial charge in [0.05, 0.1) is 11.1 Å². The number of hydrogen-bond donors (Lipinski definition) is 2. The van der Waals surface area contributed by atoms with Crippen molar-refractivity contribution >= 4 is 29.1 Å². The van der Waals surface area contributed by atoms with Gasteiger partial charge in [0.15, 0.2) is 0 Å². The van der Waals surface area contributed by atoms with Crippen molar-refractivity contribution in [2.45, 2.75) is 31.3 Å². The number of hydrogen-bond acceptors (Lipinski definition) is 3. The summed E-state index contributed by atoms with van der Waals surface area (Å²) < 4.78 is 15.5. The molecule has 1 atom stereocenters. The van der Waals surface area contributed by atoms with E-state index in [1.54, 1.807) is 30.1 Å². The molecule has 0 saturated carbocycles. The van der Waals surface area contributed by atoms with Crippen LogP contribution in [-0.2, 0) is 10.3 Å². The molecule has 8 heteroatoms. The molecular formula is C17H19Cl2FN4O. The highest BCUT2D eigenvalue weighted by molar-refractivity contribution is 6.36. The normalized spacial score (nSPS) is 17.9. The lowest BCUT2D eigenvalue weighted by molar-refractivity contribution is -0.132. The quantitative estimate of drug-likeness (QED) is 0.795. The van der Waals surface area contributed by atoms with Gasteiger partial charge in [0, 0.05) is 23.0 Å². The summed E-state index contributed by atoms with van der Waals surface area (Å²) in [5, 5.41) is 10.7. The van der Waals surface area contributed by atoms with Gasteiger partial charge in [-0.3, -0.25) is 9.48 Å². The van der Waals surface area contributed by atoms with E-state index < -0.39 is 17.4 Å².